The molecule has 0 aliphatic carbocycles. The normalized spacial score (nSPS) is 12.0. The van der Waals surface area contributed by atoms with Gasteiger partial charge >= 0.3 is 5.97 Å². The second-order valence-electron chi connectivity index (χ2n) is 5.61. The van der Waals surface area contributed by atoms with Crippen LogP contribution >= 0.6 is 22.7 Å². The van der Waals surface area contributed by atoms with Crippen LogP contribution < -0.4 is 9.54 Å². The Morgan fingerprint density at radius 3 is 2.75 bits per heavy atom. The molecule has 0 aliphatic heterocycles. The molecule has 3 aromatic rings. The summed E-state index contributed by atoms with van der Waals surface area (Å²) in [5, 5.41) is 1.94. The first-order valence-electron chi connectivity index (χ1n) is 8.83. The van der Waals surface area contributed by atoms with Crippen LogP contribution in [-0.2, 0) is 20.9 Å². The highest BCUT2D eigenvalue weighted by atomic mass is 32.1. The second-order valence-corrected chi connectivity index (χ2v) is 7.60. The lowest BCUT2D eigenvalue weighted by Crippen LogP contribution is -2.23. The lowest BCUT2D eigenvalue weighted by molar-refractivity contribution is -0.143. The average Bonchev–Trinajstić information content (AvgIpc) is 3.30. The van der Waals surface area contributed by atoms with Crippen molar-refractivity contribution in [3.05, 3.63) is 51.5 Å². The van der Waals surface area contributed by atoms with Gasteiger partial charge in [-0.3, -0.25) is 9.59 Å². The number of nitrogens with zero attached hydrogens (tertiary/aromatic N) is 2. The van der Waals surface area contributed by atoms with Gasteiger partial charge in [0.2, 0.25) is 0 Å². The molecular formula is C20H20N2O4S2. The molecule has 2 aromatic heterocycles. The molecule has 0 saturated carbocycles. The molecule has 2 heterocycles. The van der Waals surface area contributed by atoms with Crippen LogP contribution in [0.2, 0.25) is 0 Å². The maximum absolute atomic E-state index is 12.4. The van der Waals surface area contributed by atoms with Gasteiger partial charge in [-0.15, -0.1) is 11.3 Å². The largest absolute Gasteiger partial charge is 0.492 e. The quantitative estimate of drug-likeness (QED) is 0.433. The van der Waals surface area contributed by atoms with E-state index in [1.807, 2.05) is 42.6 Å². The van der Waals surface area contributed by atoms with E-state index in [0.29, 0.717) is 17.2 Å². The second kappa shape index (κ2) is 9.48. The van der Waals surface area contributed by atoms with Gasteiger partial charge in [-0.2, -0.15) is 4.99 Å². The highest BCUT2D eigenvalue weighted by Gasteiger charge is 2.15. The Morgan fingerprint density at radius 2 is 2.04 bits per heavy atom. The van der Waals surface area contributed by atoms with Crippen molar-refractivity contribution in [2.75, 3.05) is 13.2 Å². The van der Waals surface area contributed by atoms with Gasteiger partial charge in [0, 0.05) is 11.0 Å². The molecule has 3 rings (SSSR count). The highest BCUT2D eigenvalue weighted by Crippen LogP contribution is 2.27. The van der Waals surface area contributed by atoms with Crippen molar-refractivity contribution in [1.82, 2.24) is 4.57 Å². The van der Waals surface area contributed by atoms with E-state index in [9.17, 15) is 9.59 Å². The van der Waals surface area contributed by atoms with Gasteiger partial charge < -0.3 is 14.0 Å². The number of aromatic nitrogens is 1. The van der Waals surface area contributed by atoms with Gasteiger partial charge in [0.05, 0.1) is 17.9 Å². The number of rotatable bonds is 7. The molecule has 0 saturated heterocycles. The van der Waals surface area contributed by atoms with E-state index >= 15 is 0 Å². The average molecular weight is 417 g/mol. The standard InChI is InChI=1S/C20H20N2O4S2/c1-3-25-15-8-5-9-16-19(15)22(13-18(24)26-4-2)20(28-16)21-17(23)11-10-14-7-6-12-27-14/h5-12H,3-4,13H2,1-2H3. The van der Waals surface area contributed by atoms with E-state index in [2.05, 4.69) is 4.99 Å². The van der Waals surface area contributed by atoms with Crippen LogP contribution in [0, 0.1) is 0 Å². The number of fused-ring (bicyclic) bond motifs is 1. The summed E-state index contributed by atoms with van der Waals surface area (Å²) in [6.07, 6.45) is 3.15. The number of ether oxygens (including phenoxy) is 2. The fourth-order valence-corrected chi connectivity index (χ4v) is 4.28. The Bertz CT molecular complexity index is 1060. The fourth-order valence-electron chi connectivity index (χ4n) is 2.61. The minimum Gasteiger partial charge on any atom is -0.492 e. The molecule has 0 spiro atoms. The van der Waals surface area contributed by atoms with Crippen molar-refractivity contribution >= 4 is 50.8 Å². The van der Waals surface area contributed by atoms with Gasteiger partial charge in [-0.1, -0.05) is 23.5 Å². The van der Waals surface area contributed by atoms with Crippen molar-refractivity contribution in [3.63, 3.8) is 0 Å². The van der Waals surface area contributed by atoms with Gasteiger partial charge in [0.25, 0.3) is 5.91 Å². The number of thiazole rings is 1. The summed E-state index contributed by atoms with van der Waals surface area (Å²) in [5.74, 6) is -0.143. The minimum absolute atomic E-state index is 0.0430. The maximum atomic E-state index is 12.4. The molecule has 28 heavy (non-hydrogen) atoms. The zero-order chi connectivity index (χ0) is 19.9. The Balaban J connectivity index is 2.05. The van der Waals surface area contributed by atoms with Gasteiger partial charge in [0.1, 0.15) is 17.8 Å². The van der Waals surface area contributed by atoms with E-state index in [1.165, 1.54) is 28.7 Å². The molecule has 6 nitrogen and oxygen atoms in total. The summed E-state index contributed by atoms with van der Waals surface area (Å²) in [4.78, 5) is 30.1. The van der Waals surface area contributed by atoms with Crippen LogP contribution in [0.1, 0.15) is 18.7 Å². The van der Waals surface area contributed by atoms with Crippen molar-refractivity contribution in [3.8, 4) is 5.75 Å². The van der Waals surface area contributed by atoms with E-state index in [1.54, 1.807) is 17.6 Å². The number of benzene rings is 1. The number of para-hydroxylation sites is 1. The van der Waals surface area contributed by atoms with Crippen LogP contribution in [0.25, 0.3) is 16.3 Å². The molecule has 1 amide bonds. The maximum Gasteiger partial charge on any atom is 0.326 e. The zero-order valence-electron chi connectivity index (χ0n) is 15.6. The van der Waals surface area contributed by atoms with Gasteiger partial charge in [0.15, 0.2) is 4.80 Å². The molecule has 1 aromatic carbocycles. The molecule has 0 atom stereocenters. The molecular weight excluding hydrogens is 396 g/mol. The molecule has 0 fully saturated rings. The van der Waals surface area contributed by atoms with Crippen LogP contribution in [0.3, 0.4) is 0 Å². The predicted molar refractivity (Wildman–Crippen MR) is 112 cm³/mol. The van der Waals surface area contributed by atoms with Crippen molar-refractivity contribution in [1.29, 1.82) is 0 Å². The predicted octanol–water partition coefficient (Wildman–Crippen LogP) is 3.87. The summed E-state index contributed by atoms with van der Waals surface area (Å²) in [6.45, 7) is 4.38. The number of hydrogen-bond donors (Lipinski definition) is 0. The summed E-state index contributed by atoms with van der Waals surface area (Å²) < 4.78 is 13.4. The van der Waals surface area contributed by atoms with Crippen molar-refractivity contribution < 1.29 is 19.1 Å². The number of carbonyl (C=O) groups excluding carboxylic acids is 2. The van der Waals surface area contributed by atoms with Crippen molar-refractivity contribution in [2.45, 2.75) is 20.4 Å². The van der Waals surface area contributed by atoms with Gasteiger partial charge in [-0.05, 0) is 43.5 Å². The molecule has 0 N–H and O–H groups in total. The van der Waals surface area contributed by atoms with E-state index in [0.717, 1.165) is 15.1 Å². The number of esters is 1. The Hall–Kier alpha value is -2.71. The molecule has 146 valence electrons. The molecule has 0 radical (unpaired) electrons. The minimum atomic E-state index is -0.393. The smallest absolute Gasteiger partial charge is 0.326 e. The summed E-state index contributed by atoms with van der Waals surface area (Å²) in [7, 11) is 0. The first-order chi connectivity index (χ1) is 13.6. The molecule has 0 aliphatic rings. The van der Waals surface area contributed by atoms with Gasteiger partial charge in [-0.25, -0.2) is 0 Å². The van der Waals surface area contributed by atoms with Crippen LogP contribution in [0.5, 0.6) is 5.75 Å². The molecule has 0 bridgehead atoms. The third kappa shape index (κ3) is 4.76. The molecule has 8 heteroatoms. The Morgan fingerprint density at radius 1 is 1.18 bits per heavy atom. The van der Waals surface area contributed by atoms with E-state index < -0.39 is 11.9 Å². The SMILES string of the molecule is CCOC(=O)Cn1c(=NC(=O)C=Cc2cccs2)sc2cccc(OCC)c21. The topological polar surface area (TPSA) is 69.9 Å². The van der Waals surface area contributed by atoms with Crippen LogP contribution in [0.15, 0.2) is 46.8 Å². The first-order valence-corrected chi connectivity index (χ1v) is 10.5. The number of carbonyl (C=O) groups is 2. The Kier molecular flexibility index (Phi) is 6.78. The number of amides is 1. The van der Waals surface area contributed by atoms with Crippen molar-refractivity contribution in [2.24, 2.45) is 4.99 Å². The third-order valence-corrected chi connectivity index (χ3v) is 5.58. The Labute approximate surface area is 170 Å². The number of hydrogen-bond acceptors (Lipinski definition) is 6. The summed E-state index contributed by atoms with van der Waals surface area (Å²) in [6, 6.07) is 9.46. The first kappa shape index (κ1) is 20.0. The zero-order valence-corrected chi connectivity index (χ0v) is 17.2. The summed E-state index contributed by atoms with van der Waals surface area (Å²) in [5.41, 5.74) is 0.733. The van der Waals surface area contributed by atoms with E-state index in [-0.39, 0.29) is 13.2 Å². The fraction of sp³-hybridized carbons (Fsp3) is 0.250. The van der Waals surface area contributed by atoms with E-state index in [4.69, 9.17) is 9.47 Å². The number of thiophene rings is 1. The third-order valence-electron chi connectivity index (χ3n) is 3.70. The van der Waals surface area contributed by atoms with Crippen LogP contribution in [0.4, 0.5) is 0 Å². The molecule has 0 unspecified atom stereocenters. The van der Waals surface area contributed by atoms with Crippen LogP contribution in [-0.4, -0.2) is 29.7 Å². The lowest BCUT2D eigenvalue weighted by atomic mass is 10.3. The monoisotopic (exact) mass is 416 g/mol. The highest BCUT2D eigenvalue weighted by molar-refractivity contribution is 7.16. The lowest BCUT2D eigenvalue weighted by Gasteiger charge is -2.09. The summed E-state index contributed by atoms with van der Waals surface area (Å²) >= 11 is 2.87.